The highest BCUT2D eigenvalue weighted by molar-refractivity contribution is 7.90. The molecular weight excluding hydrogens is 364 g/mol. The molecule has 0 spiro atoms. The lowest BCUT2D eigenvalue weighted by molar-refractivity contribution is 0.141. The van der Waals surface area contributed by atoms with Crippen molar-refractivity contribution < 1.29 is 18.3 Å². The van der Waals surface area contributed by atoms with Gasteiger partial charge in [0.25, 0.3) is 10.0 Å². The zero-order valence-electron chi connectivity index (χ0n) is 15.7. The molecule has 1 saturated heterocycles. The first-order valence-corrected chi connectivity index (χ1v) is 10.2. The van der Waals surface area contributed by atoms with Crippen molar-refractivity contribution >= 4 is 15.9 Å². The van der Waals surface area contributed by atoms with Gasteiger partial charge in [-0.1, -0.05) is 29.8 Å². The van der Waals surface area contributed by atoms with E-state index in [2.05, 4.69) is 4.40 Å². The van der Waals surface area contributed by atoms with Crippen molar-refractivity contribution in [1.29, 1.82) is 0 Å². The molecule has 1 fully saturated rings. The largest absolute Gasteiger partial charge is 0.497 e. The molecule has 3 rings (SSSR count). The Labute approximate surface area is 160 Å². The van der Waals surface area contributed by atoms with Gasteiger partial charge >= 0.3 is 0 Å². The maximum atomic E-state index is 12.7. The molecule has 7 heteroatoms. The fourth-order valence-corrected chi connectivity index (χ4v) is 4.32. The summed E-state index contributed by atoms with van der Waals surface area (Å²) in [5.41, 5.74) is 1.68. The lowest BCUT2D eigenvalue weighted by Gasteiger charge is -2.21. The van der Waals surface area contributed by atoms with E-state index < -0.39 is 16.1 Å². The number of likely N-dealkylation sites (tertiary alicyclic amines) is 1. The smallest absolute Gasteiger partial charge is 0.283 e. The number of amidine groups is 1. The van der Waals surface area contributed by atoms with Crippen LogP contribution in [0, 0.1) is 12.8 Å². The number of aryl methyl sites for hydroxylation is 1. The molecule has 2 aromatic rings. The van der Waals surface area contributed by atoms with Gasteiger partial charge in [0.2, 0.25) is 0 Å². The maximum absolute atomic E-state index is 12.7. The van der Waals surface area contributed by atoms with Gasteiger partial charge in [0.05, 0.1) is 18.1 Å². The Morgan fingerprint density at radius 2 is 1.78 bits per heavy atom. The van der Waals surface area contributed by atoms with Gasteiger partial charge in [0.1, 0.15) is 11.6 Å². The number of aliphatic hydroxyl groups excluding tert-OH is 1. The summed E-state index contributed by atoms with van der Waals surface area (Å²) in [5, 5.41) is 10.8. The molecule has 1 heterocycles. The molecule has 0 aliphatic carbocycles. The highest BCUT2D eigenvalue weighted by atomic mass is 32.2. The van der Waals surface area contributed by atoms with Crippen molar-refractivity contribution in [2.24, 2.45) is 10.3 Å². The van der Waals surface area contributed by atoms with Crippen LogP contribution >= 0.6 is 0 Å². The van der Waals surface area contributed by atoms with Gasteiger partial charge < -0.3 is 14.7 Å². The molecule has 144 valence electrons. The molecule has 0 aromatic heterocycles. The van der Waals surface area contributed by atoms with E-state index in [1.54, 1.807) is 67.6 Å². The van der Waals surface area contributed by atoms with E-state index in [1.165, 1.54) is 0 Å². The van der Waals surface area contributed by atoms with Crippen molar-refractivity contribution in [2.45, 2.75) is 24.3 Å². The second-order valence-corrected chi connectivity index (χ2v) is 8.38. The van der Waals surface area contributed by atoms with E-state index in [1.807, 2.05) is 6.92 Å². The number of ether oxygens (including phenoxy) is 1. The number of aliphatic hydroxyl groups is 1. The van der Waals surface area contributed by atoms with Crippen molar-refractivity contribution in [3.8, 4) is 5.75 Å². The lowest BCUT2D eigenvalue weighted by atomic mass is 9.94. The van der Waals surface area contributed by atoms with Crippen LogP contribution < -0.4 is 4.74 Å². The average molecular weight is 388 g/mol. The SMILES string of the molecule is COc1ccc([C@@H](O)[C@H]2CCN(C)/C2=N/S(=O)(=O)c2ccc(C)cc2)cc1. The molecule has 27 heavy (non-hydrogen) atoms. The monoisotopic (exact) mass is 388 g/mol. The van der Waals surface area contributed by atoms with Crippen LogP contribution in [0.3, 0.4) is 0 Å². The predicted octanol–water partition coefficient (Wildman–Crippen LogP) is 2.78. The van der Waals surface area contributed by atoms with Crippen molar-refractivity contribution in [3.05, 3.63) is 59.7 Å². The van der Waals surface area contributed by atoms with Crippen LogP contribution in [0.1, 0.15) is 23.7 Å². The van der Waals surface area contributed by atoms with Crippen molar-refractivity contribution in [2.75, 3.05) is 20.7 Å². The highest BCUT2D eigenvalue weighted by Crippen LogP contribution is 2.33. The normalized spacial score (nSPS) is 20.1. The Morgan fingerprint density at radius 1 is 1.15 bits per heavy atom. The number of benzene rings is 2. The summed E-state index contributed by atoms with van der Waals surface area (Å²) in [6.07, 6.45) is -0.209. The van der Waals surface area contributed by atoms with Gasteiger partial charge in [-0.2, -0.15) is 8.42 Å². The van der Waals surface area contributed by atoms with Crippen LogP contribution in [0.15, 0.2) is 57.8 Å². The summed E-state index contributed by atoms with van der Waals surface area (Å²) in [4.78, 5) is 1.95. The average Bonchev–Trinajstić information content (AvgIpc) is 3.01. The minimum absolute atomic E-state index is 0.151. The number of rotatable bonds is 5. The summed E-state index contributed by atoms with van der Waals surface area (Å²) in [6.45, 7) is 2.54. The predicted molar refractivity (Wildman–Crippen MR) is 104 cm³/mol. The molecule has 2 atom stereocenters. The third kappa shape index (κ3) is 4.14. The Kier molecular flexibility index (Phi) is 5.53. The summed E-state index contributed by atoms with van der Waals surface area (Å²) >= 11 is 0. The van der Waals surface area contributed by atoms with Crippen molar-refractivity contribution in [3.63, 3.8) is 0 Å². The van der Waals surface area contributed by atoms with Crippen LogP contribution in [0.25, 0.3) is 0 Å². The summed E-state index contributed by atoms with van der Waals surface area (Å²) in [7, 11) is -0.460. The van der Waals surface area contributed by atoms with Gasteiger partial charge in [-0.25, -0.2) is 0 Å². The van der Waals surface area contributed by atoms with Crippen LogP contribution in [-0.2, 0) is 10.0 Å². The topological polar surface area (TPSA) is 79.2 Å². The number of hydrogen-bond acceptors (Lipinski definition) is 4. The van der Waals surface area contributed by atoms with Gasteiger partial charge in [-0.05, 0) is 43.2 Å². The number of nitrogens with zero attached hydrogens (tertiary/aromatic N) is 2. The van der Waals surface area contributed by atoms with Crippen LogP contribution in [-0.4, -0.2) is 45.0 Å². The van der Waals surface area contributed by atoms with Crippen LogP contribution in [0.2, 0.25) is 0 Å². The van der Waals surface area contributed by atoms with E-state index in [-0.39, 0.29) is 10.8 Å². The Balaban J connectivity index is 1.92. The Morgan fingerprint density at radius 3 is 2.37 bits per heavy atom. The molecule has 0 saturated carbocycles. The molecule has 2 aromatic carbocycles. The van der Waals surface area contributed by atoms with Crippen LogP contribution in [0.5, 0.6) is 5.75 Å². The number of methoxy groups -OCH3 is 1. The first-order valence-electron chi connectivity index (χ1n) is 8.76. The van der Waals surface area contributed by atoms with Crippen molar-refractivity contribution in [1.82, 2.24) is 4.90 Å². The summed E-state index contributed by atoms with van der Waals surface area (Å²) in [5.74, 6) is 0.702. The Bertz CT molecular complexity index is 921. The molecule has 0 unspecified atom stereocenters. The van der Waals surface area contributed by atoms with E-state index in [9.17, 15) is 13.5 Å². The zero-order chi connectivity index (χ0) is 19.6. The summed E-state index contributed by atoms with van der Waals surface area (Å²) < 4.78 is 34.7. The van der Waals surface area contributed by atoms with E-state index >= 15 is 0 Å². The highest BCUT2D eigenvalue weighted by Gasteiger charge is 2.35. The molecule has 1 aliphatic heterocycles. The quantitative estimate of drug-likeness (QED) is 0.852. The second kappa shape index (κ2) is 7.70. The van der Waals surface area contributed by atoms with Gasteiger partial charge in [0, 0.05) is 19.5 Å². The third-order valence-electron chi connectivity index (χ3n) is 4.87. The van der Waals surface area contributed by atoms with Gasteiger partial charge in [-0.3, -0.25) is 0 Å². The molecule has 6 nitrogen and oxygen atoms in total. The molecule has 1 N–H and O–H groups in total. The molecule has 0 amide bonds. The molecular formula is C20H24N2O4S. The first-order chi connectivity index (χ1) is 12.8. The van der Waals surface area contributed by atoms with E-state index in [4.69, 9.17) is 4.74 Å². The van der Waals surface area contributed by atoms with E-state index in [0.717, 1.165) is 5.56 Å². The van der Waals surface area contributed by atoms with Gasteiger partial charge in [-0.15, -0.1) is 4.40 Å². The number of sulfonamides is 1. The fourth-order valence-electron chi connectivity index (χ4n) is 3.22. The first kappa shape index (κ1) is 19.4. The minimum Gasteiger partial charge on any atom is -0.497 e. The van der Waals surface area contributed by atoms with Crippen LogP contribution in [0.4, 0.5) is 0 Å². The Hall–Kier alpha value is -2.38. The standard InChI is InChI=1S/C20H24N2O4S/c1-14-4-10-17(11-5-14)27(24,25)21-20-18(12-13-22(20)2)19(23)15-6-8-16(26-3)9-7-15/h4-11,18-19,23H,12-13H2,1-3H3/b21-20+/t18-,19-/m1/s1. The van der Waals surface area contributed by atoms with E-state index in [0.29, 0.717) is 30.1 Å². The molecule has 1 aliphatic rings. The third-order valence-corrected chi connectivity index (χ3v) is 6.16. The second-order valence-electron chi connectivity index (χ2n) is 6.77. The molecule has 0 radical (unpaired) electrons. The molecule has 0 bridgehead atoms. The lowest BCUT2D eigenvalue weighted by Crippen LogP contribution is -2.28. The maximum Gasteiger partial charge on any atom is 0.283 e. The summed E-state index contributed by atoms with van der Waals surface area (Å²) in [6, 6.07) is 13.7. The zero-order valence-corrected chi connectivity index (χ0v) is 16.5. The van der Waals surface area contributed by atoms with Gasteiger partial charge in [0.15, 0.2) is 0 Å². The minimum atomic E-state index is -3.84. The number of hydrogen-bond donors (Lipinski definition) is 1. The fraction of sp³-hybridized carbons (Fsp3) is 0.350.